The number of benzene rings is 2. The lowest BCUT2D eigenvalue weighted by Gasteiger charge is -2.10. The van der Waals surface area contributed by atoms with Gasteiger partial charge >= 0.3 is 12.1 Å². The molecule has 6 nitrogen and oxygen atoms in total. The molecule has 0 bridgehead atoms. The topological polar surface area (TPSA) is 73.9 Å². The summed E-state index contributed by atoms with van der Waals surface area (Å²) in [5, 5.41) is 4.37. The Bertz CT molecular complexity index is 784. The van der Waals surface area contributed by atoms with Gasteiger partial charge in [-0.05, 0) is 43.5 Å². The van der Waals surface area contributed by atoms with E-state index in [0.29, 0.717) is 17.9 Å². The molecule has 0 spiro atoms. The third-order valence-electron chi connectivity index (χ3n) is 3.28. The van der Waals surface area contributed by atoms with Crippen molar-refractivity contribution in [3.63, 3.8) is 0 Å². The number of hydrogen-bond donors (Lipinski definition) is 1. The fraction of sp³-hybridized carbons (Fsp3) is 0.263. The van der Waals surface area contributed by atoms with E-state index in [0.717, 1.165) is 16.5 Å². The average molecular weight is 343 g/mol. The molecular formula is C19H21NO5. The van der Waals surface area contributed by atoms with Crippen LogP contribution in [0.15, 0.2) is 48.6 Å². The highest BCUT2D eigenvalue weighted by Gasteiger charge is 2.08. The van der Waals surface area contributed by atoms with E-state index >= 15 is 0 Å². The first kappa shape index (κ1) is 18.3. The monoisotopic (exact) mass is 343 g/mol. The van der Waals surface area contributed by atoms with Gasteiger partial charge in [-0.25, -0.2) is 9.59 Å². The maximum atomic E-state index is 11.8. The van der Waals surface area contributed by atoms with Gasteiger partial charge in [0.25, 0.3) is 0 Å². The molecule has 6 heteroatoms. The van der Waals surface area contributed by atoms with Crippen LogP contribution in [0.25, 0.3) is 10.8 Å². The largest absolute Gasteiger partial charge is 0.493 e. The number of amides is 1. The Balaban J connectivity index is 1.90. The zero-order valence-electron chi connectivity index (χ0n) is 14.3. The maximum Gasteiger partial charge on any atom is 0.412 e. The lowest BCUT2D eigenvalue weighted by Crippen LogP contribution is -2.30. The summed E-state index contributed by atoms with van der Waals surface area (Å²) in [4.78, 5) is 23.0. The van der Waals surface area contributed by atoms with E-state index < -0.39 is 12.1 Å². The zero-order valence-corrected chi connectivity index (χ0v) is 14.3. The van der Waals surface area contributed by atoms with Crippen molar-refractivity contribution in [1.29, 1.82) is 0 Å². The molecule has 0 radical (unpaired) electrons. The molecule has 0 fully saturated rings. The molecule has 25 heavy (non-hydrogen) atoms. The fourth-order valence-corrected chi connectivity index (χ4v) is 2.14. The number of hydrogen-bond acceptors (Lipinski definition) is 5. The summed E-state index contributed by atoms with van der Waals surface area (Å²) in [6, 6.07) is 11.0. The summed E-state index contributed by atoms with van der Waals surface area (Å²) in [7, 11) is 0. The summed E-state index contributed by atoms with van der Waals surface area (Å²) in [6.07, 6.45) is -0.619. The standard InChI is InChI=1S/C19H21NO5/c1-4-23-17-7-5-6-14-12-15(8-9-16(14)17)25-19(22)20-10-11-24-18(21)13(2)3/h5-9,12H,2,4,10-11H2,1,3H3,(H,20,22). The molecule has 2 aromatic carbocycles. The quantitative estimate of drug-likeness (QED) is 0.473. The number of carbonyl (C=O) groups excluding carboxylic acids is 2. The van der Waals surface area contributed by atoms with Gasteiger partial charge in [0.1, 0.15) is 18.1 Å². The second kappa shape index (κ2) is 8.73. The number of esters is 1. The maximum absolute atomic E-state index is 11.8. The molecule has 0 unspecified atom stereocenters. The Kier molecular flexibility index (Phi) is 6.39. The summed E-state index contributed by atoms with van der Waals surface area (Å²) in [5.74, 6) is 0.711. The van der Waals surface area contributed by atoms with Crippen LogP contribution in [0.5, 0.6) is 11.5 Å². The van der Waals surface area contributed by atoms with E-state index in [2.05, 4.69) is 11.9 Å². The SMILES string of the molecule is C=C(C)C(=O)OCCNC(=O)Oc1ccc2c(OCC)cccc2c1. The van der Waals surface area contributed by atoms with E-state index in [1.807, 2.05) is 31.2 Å². The molecule has 0 saturated heterocycles. The Hall–Kier alpha value is -3.02. The van der Waals surface area contributed by atoms with Gasteiger partial charge in [-0.15, -0.1) is 0 Å². The van der Waals surface area contributed by atoms with Crippen molar-refractivity contribution in [3.05, 3.63) is 48.6 Å². The van der Waals surface area contributed by atoms with Gasteiger partial charge in [0.15, 0.2) is 0 Å². The first-order chi connectivity index (χ1) is 12.0. The van der Waals surface area contributed by atoms with E-state index in [-0.39, 0.29) is 13.2 Å². The predicted octanol–water partition coefficient (Wildman–Crippen LogP) is 3.45. The van der Waals surface area contributed by atoms with Crippen LogP contribution in [0, 0.1) is 0 Å². The Morgan fingerprint density at radius 1 is 1.20 bits per heavy atom. The van der Waals surface area contributed by atoms with E-state index in [9.17, 15) is 9.59 Å². The van der Waals surface area contributed by atoms with Crippen LogP contribution in [-0.2, 0) is 9.53 Å². The molecule has 0 aromatic heterocycles. The number of fused-ring (bicyclic) bond motifs is 1. The molecule has 2 rings (SSSR count). The minimum absolute atomic E-state index is 0.0518. The molecule has 1 amide bonds. The van der Waals surface area contributed by atoms with Gasteiger partial charge in [-0.2, -0.15) is 0 Å². The van der Waals surface area contributed by atoms with Crippen molar-refractivity contribution < 1.29 is 23.8 Å². The highest BCUT2D eigenvalue weighted by atomic mass is 16.6. The van der Waals surface area contributed by atoms with Crippen molar-refractivity contribution in [2.24, 2.45) is 0 Å². The Labute approximate surface area is 146 Å². The predicted molar refractivity (Wildman–Crippen MR) is 94.9 cm³/mol. The van der Waals surface area contributed by atoms with Crippen LogP contribution in [-0.4, -0.2) is 31.8 Å². The zero-order chi connectivity index (χ0) is 18.2. The first-order valence-corrected chi connectivity index (χ1v) is 7.95. The van der Waals surface area contributed by atoms with Crippen LogP contribution in [0.4, 0.5) is 4.79 Å². The van der Waals surface area contributed by atoms with Crippen LogP contribution < -0.4 is 14.8 Å². The summed E-state index contributed by atoms with van der Waals surface area (Å²) < 4.78 is 15.7. The highest BCUT2D eigenvalue weighted by molar-refractivity contribution is 5.90. The van der Waals surface area contributed by atoms with Crippen molar-refractivity contribution in [1.82, 2.24) is 5.32 Å². The molecule has 0 heterocycles. The summed E-state index contributed by atoms with van der Waals surface area (Å²) in [5.41, 5.74) is 0.310. The molecule has 0 saturated carbocycles. The second-order valence-corrected chi connectivity index (χ2v) is 5.30. The number of carbonyl (C=O) groups is 2. The lowest BCUT2D eigenvalue weighted by molar-refractivity contribution is -0.138. The van der Waals surface area contributed by atoms with Crippen molar-refractivity contribution in [3.8, 4) is 11.5 Å². The van der Waals surface area contributed by atoms with Crippen molar-refractivity contribution in [2.75, 3.05) is 19.8 Å². The van der Waals surface area contributed by atoms with Crippen LogP contribution in [0.3, 0.4) is 0 Å². The first-order valence-electron chi connectivity index (χ1n) is 7.95. The third-order valence-corrected chi connectivity index (χ3v) is 3.28. The van der Waals surface area contributed by atoms with Crippen LogP contribution >= 0.6 is 0 Å². The number of nitrogens with one attached hydrogen (secondary N) is 1. The van der Waals surface area contributed by atoms with Crippen molar-refractivity contribution in [2.45, 2.75) is 13.8 Å². The molecule has 0 aliphatic rings. The minimum atomic E-state index is -0.619. The lowest BCUT2D eigenvalue weighted by atomic mass is 10.1. The highest BCUT2D eigenvalue weighted by Crippen LogP contribution is 2.28. The normalized spacial score (nSPS) is 10.2. The minimum Gasteiger partial charge on any atom is -0.493 e. The van der Waals surface area contributed by atoms with Gasteiger partial charge in [-0.1, -0.05) is 18.7 Å². The summed E-state index contributed by atoms with van der Waals surface area (Å²) in [6.45, 7) is 7.74. The molecule has 2 aromatic rings. The average Bonchev–Trinajstić information content (AvgIpc) is 2.58. The second-order valence-electron chi connectivity index (χ2n) is 5.30. The van der Waals surface area contributed by atoms with Gasteiger partial charge in [0, 0.05) is 11.0 Å². The summed E-state index contributed by atoms with van der Waals surface area (Å²) >= 11 is 0. The molecule has 132 valence electrons. The van der Waals surface area contributed by atoms with Crippen molar-refractivity contribution >= 4 is 22.8 Å². The van der Waals surface area contributed by atoms with E-state index in [1.54, 1.807) is 19.1 Å². The molecule has 1 N–H and O–H groups in total. The van der Waals surface area contributed by atoms with Gasteiger partial charge in [0.2, 0.25) is 0 Å². The molecule has 0 atom stereocenters. The molecule has 0 aliphatic carbocycles. The number of ether oxygens (including phenoxy) is 3. The van der Waals surface area contributed by atoms with E-state index in [1.165, 1.54) is 0 Å². The molecule has 0 aliphatic heterocycles. The Morgan fingerprint density at radius 3 is 2.72 bits per heavy atom. The van der Waals surface area contributed by atoms with Crippen LogP contribution in [0.2, 0.25) is 0 Å². The third kappa shape index (κ3) is 5.24. The fourth-order valence-electron chi connectivity index (χ4n) is 2.14. The number of rotatable bonds is 7. The van der Waals surface area contributed by atoms with E-state index in [4.69, 9.17) is 14.2 Å². The molecular weight excluding hydrogens is 322 g/mol. The van der Waals surface area contributed by atoms with Crippen LogP contribution in [0.1, 0.15) is 13.8 Å². The Morgan fingerprint density at radius 2 is 2.00 bits per heavy atom. The van der Waals surface area contributed by atoms with Gasteiger partial charge < -0.3 is 19.5 Å². The van der Waals surface area contributed by atoms with Gasteiger partial charge in [0.05, 0.1) is 13.2 Å². The smallest absolute Gasteiger partial charge is 0.412 e. The van der Waals surface area contributed by atoms with Gasteiger partial charge in [-0.3, -0.25) is 0 Å².